The van der Waals surface area contributed by atoms with Crippen LogP contribution in [0, 0.1) is 0 Å². The number of hydrogen-bond donors (Lipinski definition) is 2. The molecule has 1 saturated heterocycles. The molecule has 1 aliphatic heterocycles. The van der Waals surface area contributed by atoms with Gasteiger partial charge in [-0.25, -0.2) is 0 Å². The molecule has 2 fully saturated rings. The third-order valence-corrected chi connectivity index (χ3v) is 4.50. The van der Waals surface area contributed by atoms with Gasteiger partial charge in [0, 0.05) is 18.2 Å². The fourth-order valence-electron chi connectivity index (χ4n) is 2.85. The summed E-state index contributed by atoms with van der Waals surface area (Å²) in [5, 5.41) is 9.98. The molecule has 138 valence electrons. The van der Waals surface area contributed by atoms with Gasteiger partial charge in [-0.15, -0.1) is 0 Å². The van der Waals surface area contributed by atoms with E-state index in [0.29, 0.717) is 42.2 Å². The number of ether oxygens (including phenoxy) is 2. The van der Waals surface area contributed by atoms with Crippen LogP contribution in [0.15, 0.2) is 28.8 Å². The van der Waals surface area contributed by atoms with Gasteiger partial charge in [-0.2, -0.15) is 4.98 Å². The van der Waals surface area contributed by atoms with Crippen molar-refractivity contribution in [2.45, 2.75) is 44.4 Å². The molecule has 26 heavy (non-hydrogen) atoms. The van der Waals surface area contributed by atoms with Crippen molar-refractivity contribution in [3.05, 3.63) is 36.0 Å². The molecule has 1 aromatic carbocycles. The van der Waals surface area contributed by atoms with Crippen LogP contribution < -0.4 is 15.4 Å². The van der Waals surface area contributed by atoms with E-state index < -0.39 is 0 Å². The van der Waals surface area contributed by atoms with Crippen molar-refractivity contribution in [3.63, 3.8) is 0 Å². The van der Waals surface area contributed by atoms with Crippen LogP contribution in [0.25, 0.3) is 0 Å². The number of aromatic nitrogens is 2. The molecule has 0 bridgehead atoms. The molecular formula is C18H22N4O4. The summed E-state index contributed by atoms with van der Waals surface area (Å²) in [5.41, 5.74) is 0.706. The number of carbonyl (C=O) groups is 1. The number of hydrogen-bond acceptors (Lipinski definition) is 7. The highest BCUT2D eigenvalue weighted by atomic mass is 16.5. The Labute approximate surface area is 151 Å². The van der Waals surface area contributed by atoms with Crippen molar-refractivity contribution in [1.29, 1.82) is 0 Å². The van der Waals surface area contributed by atoms with E-state index in [9.17, 15) is 4.79 Å². The fraction of sp³-hybridized carbons (Fsp3) is 0.500. The number of rotatable bonds is 6. The summed E-state index contributed by atoms with van der Waals surface area (Å²) in [5.74, 6) is 2.25. The minimum atomic E-state index is -0.349. The molecule has 2 aliphatic rings. The standard InChI is InChI=1S/C18H22N4O4/c1-11-16(19-8-9-24-11)17(23)20-13-4-6-14(7-5-13)25-10-15-21-18(26-22-15)12-2-3-12/h4-7,11-12,16,19H,2-3,8-10H2,1H3,(H,20,23)/t11-,16+/m1/s1. The van der Waals surface area contributed by atoms with E-state index in [1.165, 1.54) is 0 Å². The van der Waals surface area contributed by atoms with Gasteiger partial charge in [0.2, 0.25) is 17.6 Å². The number of anilines is 1. The summed E-state index contributed by atoms with van der Waals surface area (Å²) in [4.78, 5) is 16.6. The zero-order valence-corrected chi connectivity index (χ0v) is 14.6. The first kappa shape index (κ1) is 17.0. The molecule has 2 N–H and O–H groups in total. The van der Waals surface area contributed by atoms with Crippen LogP contribution in [-0.2, 0) is 16.1 Å². The molecule has 0 spiro atoms. The van der Waals surface area contributed by atoms with E-state index in [4.69, 9.17) is 14.0 Å². The molecule has 0 unspecified atom stereocenters. The van der Waals surface area contributed by atoms with E-state index >= 15 is 0 Å². The molecule has 1 amide bonds. The van der Waals surface area contributed by atoms with Gasteiger partial charge in [-0.05, 0) is 44.0 Å². The Bertz CT molecular complexity index is 757. The summed E-state index contributed by atoms with van der Waals surface area (Å²) < 4.78 is 16.4. The second kappa shape index (κ2) is 7.43. The van der Waals surface area contributed by atoms with Crippen LogP contribution in [0.5, 0.6) is 5.75 Å². The highest BCUT2D eigenvalue weighted by Crippen LogP contribution is 2.38. The Hall–Kier alpha value is -2.45. The lowest BCUT2D eigenvalue weighted by Gasteiger charge is -2.29. The molecule has 2 aromatic rings. The second-order valence-corrected chi connectivity index (χ2v) is 6.63. The Morgan fingerprint density at radius 1 is 1.35 bits per heavy atom. The third-order valence-electron chi connectivity index (χ3n) is 4.50. The average molecular weight is 358 g/mol. The van der Waals surface area contributed by atoms with E-state index in [1.807, 2.05) is 6.92 Å². The first-order chi connectivity index (χ1) is 12.7. The van der Waals surface area contributed by atoms with Crippen molar-refractivity contribution in [2.24, 2.45) is 0 Å². The first-order valence-electron chi connectivity index (χ1n) is 8.90. The Balaban J connectivity index is 1.29. The summed E-state index contributed by atoms with van der Waals surface area (Å²) >= 11 is 0. The Kier molecular flexibility index (Phi) is 4.85. The minimum Gasteiger partial charge on any atom is -0.485 e. The van der Waals surface area contributed by atoms with E-state index in [2.05, 4.69) is 20.8 Å². The van der Waals surface area contributed by atoms with E-state index in [1.54, 1.807) is 24.3 Å². The average Bonchev–Trinajstić information content (AvgIpc) is 3.40. The first-order valence-corrected chi connectivity index (χ1v) is 8.90. The number of amides is 1. The lowest BCUT2D eigenvalue weighted by Crippen LogP contribution is -2.53. The molecule has 8 nitrogen and oxygen atoms in total. The van der Waals surface area contributed by atoms with Gasteiger partial charge < -0.3 is 24.6 Å². The highest BCUT2D eigenvalue weighted by Gasteiger charge is 2.30. The SMILES string of the molecule is C[C@H]1OCCN[C@@H]1C(=O)Nc1ccc(OCc2noc(C3CC3)n2)cc1. The molecule has 4 rings (SSSR count). The quantitative estimate of drug-likeness (QED) is 0.813. The smallest absolute Gasteiger partial charge is 0.244 e. The molecule has 0 radical (unpaired) electrons. The molecule has 1 aliphatic carbocycles. The maximum absolute atomic E-state index is 12.3. The fourth-order valence-corrected chi connectivity index (χ4v) is 2.85. The maximum Gasteiger partial charge on any atom is 0.244 e. The lowest BCUT2D eigenvalue weighted by molar-refractivity contribution is -0.123. The van der Waals surface area contributed by atoms with Crippen LogP contribution in [0.1, 0.15) is 37.4 Å². The van der Waals surface area contributed by atoms with E-state index in [0.717, 1.165) is 12.8 Å². The summed E-state index contributed by atoms with van der Waals surface area (Å²) in [7, 11) is 0. The maximum atomic E-state index is 12.3. The second-order valence-electron chi connectivity index (χ2n) is 6.63. The summed E-state index contributed by atoms with van der Waals surface area (Å²) in [6.07, 6.45) is 2.09. The number of nitrogens with zero attached hydrogens (tertiary/aromatic N) is 2. The molecule has 2 atom stereocenters. The van der Waals surface area contributed by atoms with E-state index in [-0.39, 0.29) is 24.7 Å². The van der Waals surface area contributed by atoms with Crippen LogP contribution in [0.4, 0.5) is 5.69 Å². The van der Waals surface area contributed by atoms with Crippen LogP contribution in [0.3, 0.4) is 0 Å². The molecule has 1 aromatic heterocycles. The van der Waals surface area contributed by atoms with Gasteiger partial charge in [0.25, 0.3) is 0 Å². The summed E-state index contributed by atoms with van der Waals surface area (Å²) in [6.45, 7) is 3.44. The number of benzene rings is 1. The van der Waals surface area contributed by atoms with Crippen molar-refractivity contribution in [3.8, 4) is 5.75 Å². The van der Waals surface area contributed by atoms with Crippen LogP contribution in [0.2, 0.25) is 0 Å². The topological polar surface area (TPSA) is 98.5 Å². The normalized spacial score (nSPS) is 22.8. The van der Waals surface area contributed by atoms with Crippen LogP contribution >= 0.6 is 0 Å². The number of nitrogens with one attached hydrogen (secondary N) is 2. The van der Waals surface area contributed by atoms with Gasteiger partial charge in [0.1, 0.15) is 11.8 Å². The highest BCUT2D eigenvalue weighted by molar-refractivity contribution is 5.95. The predicted octanol–water partition coefficient (Wildman–Crippen LogP) is 1.84. The van der Waals surface area contributed by atoms with Gasteiger partial charge in [-0.1, -0.05) is 5.16 Å². The zero-order valence-electron chi connectivity index (χ0n) is 14.6. The Morgan fingerprint density at radius 2 is 2.15 bits per heavy atom. The molecule has 2 heterocycles. The predicted molar refractivity (Wildman–Crippen MR) is 92.9 cm³/mol. The van der Waals surface area contributed by atoms with Gasteiger partial charge in [0.15, 0.2) is 6.61 Å². The van der Waals surface area contributed by atoms with Gasteiger partial charge in [0.05, 0.1) is 12.7 Å². The molecular weight excluding hydrogens is 336 g/mol. The van der Waals surface area contributed by atoms with Crippen molar-refractivity contribution >= 4 is 11.6 Å². The van der Waals surface area contributed by atoms with Crippen LogP contribution in [-0.4, -0.2) is 41.3 Å². The van der Waals surface area contributed by atoms with Crippen molar-refractivity contribution in [2.75, 3.05) is 18.5 Å². The third kappa shape index (κ3) is 4.03. The lowest BCUT2D eigenvalue weighted by atomic mass is 10.1. The monoisotopic (exact) mass is 358 g/mol. The largest absolute Gasteiger partial charge is 0.485 e. The molecule has 8 heteroatoms. The number of morpholine rings is 1. The van der Waals surface area contributed by atoms with Crippen molar-refractivity contribution < 1.29 is 18.8 Å². The number of carbonyl (C=O) groups excluding carboxylic acids is 1. The Morgan fingerprint density at radius 3 is 2.88 bits per heavy atom. The summed E-state index contributed by atoms with van der Waals surface area (Å²) in [6, 6.07) is 6.84. The zero-order chi connectivity index (χ0) is 17.9. The minimum absolute atomic E-state index is 0.106. The van der Waals surface area contributed by atoms with Crippen molar-refractivity contribution in [1.82, 2.24) is 15.5 Å². The van der Waals surface area contributed by atoms with Gasteiger partial charge in [-0.3, -0.25) is 4.79 Å². The molecule has 1 saturated carbocycles. The van der Waals surface area contributed by atoms with Gasteiger partial charge >= 0.3 is 0 Å².